The minimum atomic E-state index is 0.303. The second kappa shape index (κ2) is 4.15. The molecule has 3 heterocycles. The Morgan fingerprint density at radius 3 is 2.72 bits per heavy atom. The molecule has 2 aromatic heterocycles. The number of nitrogens with two attached hydrogens (primary N) is 2. The molecule has 4 N–H and O–H groups in total. The number of anilines is 1. The van der Waals surface area contributed by atoms with Crippen LogP contribution < -0.4 is 11.5 Å². The molecule has 0 radical (unpaired) electrons. The standard InChI is InChI=1S/C12H17N5S/c1-6-7(2)18-12-10(6)11(14)15-9(16-12)5-17-3-8(13)4-17/h8H,3-5,13H2,1-2H3,(H2,14,15,16). The first-order valence-corrected chi connectivity index (χ1v) is 6.86. The first-order chi connectivity index (χ1) is 8.54. The van der Waals surface area contributed by atoms with E-state index in [1.165, 1.54) is 10.4 Å². The van der Waals surface area contributed by atoms with Crippen LogP contribution in [0.2, 0.25) is 0 Å². The topological polar surface area (TPSA) is 81.1 Å². The van der Waals surface area contributed by atoms with Crippen LogP contribution in [0.15, 0.2) is 0 Å². The number of rotatable bonds is 2. The van der Waals surface area contributed by atoms with E-state index < -0.39 is 0 Å². The van der Waals surface area contributed by atoms with Crippen LogP contribution in [0.1, 0.15) is 16.3 Å². The lowest BCUT2D eigenvalue weighted by Gasteiger charge is -2.36. The molecule has 6 heteroatoms. The summed E-state index contributed by atoms with van der Waals surface area (Å²) in [6.45, 7) is 6.74. The maximum absolute atomic E-state index is 6.05. The second-order valence-electron chi connectivity index (χ2n) is 4.94. The van der Waals surface area contributed by atoms with E-state index in [1.54, 1.807) is 11.3 Å². The predicted molar refractivity (Wildman–Crippen MR) is 74.6 cm³/mol. The quantitative estimate of drug-likeness (QED) is 0.846. The van der Waals surface area contributed by atoms with Gasteiger partial charge in [-0.25, -0.2) is 9.97 Å². The summed E-state index contributed by atoms with van der Waals surface area (Å²) in [4.78, 5) is 13.5. The Hall–Kier alpha value is -1.24. The highest BCUT2D eigenvalue weighted by Crippen LogP contribution is 2.32. The summed E-state index contributed by atoms with van der Waals surface area (Å²) >= 11 is 1.69. The van der Waals surface area contributed by atoms with Gasteiger partial charge in [0.2, 0.25) is 0 Å². The van der Waals surface area contributed by atoms with E-state index in [2.05, 4.69) is 28.7 Å². The third kappa shape index (κ3) is 1.86. The molecule has 0 bridgehead atoms. The molecule has 1 saturated heterocycles. The predicted octanol–water partition coefficient (Wildman–Crippen LogP) is 1.03. The molecule has 0 spiro atoms. The SMILES string of the molecule is Cc1sc2nc(CN3CC(N)C3)nc(N)c2c1C. The summed E-state index contributed by atoms with van der Waals surface area (Å²) in [5, 5.41) is 1.02. The van der Waals surface area contributed by atoms with Gasteiger partial charge in [0.1, 0.15) is 16.5 Å². The van der Waals surface area contributed by atoms with Gasteiger partial charge in [-0.3, -0.25) is 4.90 Å². The van der Waals surface area contributed by atoms with Crippen molar-refractivity contribution in [3.8, 4) is 0 Å². The summed E-state index contributed by atoms with van der Waals surface area (Å²) < 4.78 is 0. The molecular weight excluding hydrogens is 246 g/mol. The van der Waals surface area contributed by atoms with E-state index in [9.17, 15) is 0 Å². The highest BCUT2D eigenvalue weighted by Gasteiger charge is 2.24. The van der Waals surface area contributed by atoms with E-state index in [0.717, 1.165) is 35.7 Å². The van der Waals surface area contributed by atoms with Gasteiger partial charge in [-0.15, -0.1) is 11.3 Å². The number of thiophene rings is 1. The largest absolute Gasteiger partial charge is 0.383 e. The number of hydrogen-bond donors (Lipinski definition) is 2. The Kier molecular flexibility index (Phi) is 2.73. The van der Waals surface area contributed by atoms with Crippen molar-refractivity contribution in [2.45, 2.75) is 26.4 Å². The third-order valence-corrected chi connectivity index (χ3v) is 4.55. The van der Waals surface area contributed by atoms with Gasteiger partial charge in [-0.05, 0) is 19.4 Å². The van der Waals surface area contributed by atoms with E-state index in [-0.39, 0.29) is 0 Å². The number of nitrogen functional groups attached to an aromatic ring is 1. The van der Waals surface area contributed by atoms with E-state index in [0.29, 0.717) is 11.9 Å². The highest BCUT2D eigenvalue weighted by atomic mass is 32.1. The van der Waals surface area contributed by atoms with Gasteiger partial charge in [-0.2, -0.15) is 0 Å². The summed E-state index contributed by atoms with van der Waals surface area (Å²) in [6.07, 6.45) is 0. The average Bonchev–Trinajstić information content (AvgIpc) is 2.53. The van der Waals surface area contributed by atoms with Crippen molar-refractivity contribution in [3.05, 3.63) is 16.3 Å². The van der Waals surface area contributed by atoms with Crippen LogP contribution in [0.4, 0.5) is 5.82 Å². The fourth-order valence-electron chi connectivity index (χ4n) is 2.34. The Morgan fingerprint density at radius 2 is 2.06 bits per heavy atom. The normalized spacial score (nSPS) is 17.3. The van der Waals surface area contributed by atoms with E-state index in [4.69, 9.17) is 11.5 Å². The molecule has 5 nitrogen and oxygen atoms in total. The smallest absolute Gasteiger partial charge is 0.146 e. The van der Waals surface area contributed by atoms with Gasteiger partial charge < -0.3 is 11.5 Å². The average molecular weight is 263 g/mol. The second-order valence-corrected chi connectivity index (χ2v) is 6.15. The summed E-state index contributed by atoms with van der Waals surface area (Å²) in [5.41, 5.74) is 13.0. The summed E-state index contributed by atoms with van der Waals surface area (Å²) in [7, 11) is 0. The van der Waals surface area contributed by atoms with Crippen molar-refractivity contribution in [1.82, 2.24) is 14.9 Å². The molecule has 18 heavy (non-hydrogen) atoms. The molecule has 0 amide bonds. The molecule has 1 aliphatic heterocycles. The van der Waals surface area contributed by atoms with Crippen LogP contribution in [-0.4, -0.2) is 34.0 Å². The lowest BCUT2D eigenvalue weighted by molar-refractivity contribution is 0.139. The van der Waals surface area contributed by atoms with Crippen molar-refractivity contribution in [3.63, 3.8) is 0 Å². The van der Waals surface area contributed by atoms with Gasteiger partial charge >= 0.3 is 0 Å². The third-order valence-electron chi connectivity index (χ3n) is 3.45. The number of hydrogen-bond acceptors (Lipinski definition) is 6. The van der Waals surface area contributed by atoms with Gasteiger partial charge in [0.05, 0.1) is 11.9 Å². The van der Waals surface area contributed by atoms with Crippen LogP contribution >= 0.6 is 11.3 Å². The molecule has 1 fully saturated rings. The first kappa shape index (κ1) is 11.8. The van der Waals surface area contributed by atoms with E-state index >= 15 is 0 Å². The monoisotopic (exact) mass is 263 g/mol. The van der Waals surface area contributed by atoms with Crippen molar-refractivity contribution in [2.24, 2.45) is 5.73 Å². The van der Waals surface area contributed by atoms with Gasteiger partial charge in [0.15, 0.2) is 0 Å². The fraction of sp³-hybridized carbons (Fsp3) is 0.500. The van der Waals surface area contributed by atoms with Crippen LogP contribution in [0.3, 0.4) is 0 Å². The Bertz CT molecular complexity index is 600. The number of aromatic nitrogens is 2. The highest BCUT2D eigenvalue weighted by molar-refractivity contribution is 7.18. The van der Waals surface area contributed by atoms with Crippen LogP contribution in [-0.2, 0) is 6.54 Å². The maximum atomic E-state index is 6.05. The molecule has 1 aliphatic rings. The summed E-state index contributed by atoms with van der Waals surface area (Å²) in [6, 6.07) is 0.303. The molecule has 0 atom stereocenters. The van der Waals surface area contributed by atoms with Crippen molar-refractivity contribution >= 4 is 27.4 Å². The summed E-state index contributed by atoms with van der Waals surface area (Å²) in [5.74, 6) is 1.40. The number of likely N-dealkylation sites (tertiary alicyclic amines) is 1. The van der Waals surface area contributed by atoms with Gasteiger partial charge in [0.25, 0.3) is 0 Å². The molecule has 96 valence electrons. The lowest BCUT2D eigenvalue weighted by atomic mass is 10.1. The zero-order chi connectivity index (χ0) is 12.9. The van der Waals surface area contributed by atoms with Gasteiger partial charge in [-0.1, -0.05) is 0 Å². The number of fused-ring (bicyclic) bond motifs is 1. The van der Waals surface area contributed by atoms with Crippen molar-refractivity contribution < 1.29 is 0 Å². The fourth-order valence-corrected chi connectivity index (χ4v) is 3.39. The van der Waals surface area contributed by atoms with Gasteiger partial charge in [0, 0.05) is 24.0 Å². The van der Waals surface area contributed by atoms with Crippen molar-refractivity contribution in [2.75, 3.05) is 18.8 Å². The first-order valence-electron chi connectivity index (χ1n) is 6.04. The van der Waals surface area contributed by atoms with Crippen LogP contribution in [0.5, 0.6) is 0 Å². The molecule has 0 saturated carbocycles. The zero-order valence-corrected chi connectivity index (χ0v) is 11.4. The number of aryl methyl sites for hydroxylation is 2. The molecule has 0 aromatic carbocycles. The Morgan fingerprint density at radius 1 is 1.33 bits per heavy atom. The lowest BCUT2D eigenvalue weighted by Crippen LogP contribution is -2.55. The minimum Gasteiger partial charge on any atom is -0.383 e. The van der Waals surface area contributed by atoms with Crippen molar-refractivity contribution in [1.29, 1.82) is 0 Å². The number of nitrogens with zero attached hydrogens (tertiary/aromatic N) is 3. The zero-order valence-electron chi connectivity index (χ0n) is 10.6. The molecule has 3 rings (SSSR count). The minimum absolute atomic E-state index is 0.303. The molecule has 0 aliphatic carbocycles. The van der Waals surface area contributed by atoms with Crippen LogP contribution in [0, 0.1) is 13.8 Å². The maximum Gasteiger partial charge on any atom is 0.146 e. The Labute approximate surface area is 110 Å². The van der Waals surface area contributed by atoms with E-state index in [1.807, 2.05) is 0 Å². The molecule has 2 aromatic rings. The molecule has 0 unspecified atom stereocenters. The Balaban J connectivity index is 1.94. The van der Waals surface area contributed by atoms with Crippen LogP contribution in [0.25, 0.3) is 10.2 Å². The molecular formula is C12H17N5S.